The molecular weight excluding hydrogens is 361 g/mol. The first kappa shape index (κ1) is 18.2. The van der Waals surface area contributed by atoms with Crippen molar-refractivity contribution in [3.63, 3.8) is 0 Å². The molecule has 3 rings (SSSR count). The molecule has 0 saturated carbocycles. The monoisotopic (exact) mass is 377 g/mol. The summed E-state index contributed by atoms with van der Waals surface area (Å²) >= 11 is 0. The summed E-state index contributed by atoms with van der Waals surface area (Å²) in [5.74, 6) is -0.0221. The number of hydrogen-bond donors (Lipinski definition) is 2. The summed E-state index contributed by atoms with van der Waals surface area (Å²) in [5, 5.41) is 2.72. The Labute approximate surface area is 148 Å². The zero-order valence-electron chi connectivity index (χ0n) is 13.7. The van der Waals surface area contributed by atoms with E-state index in [4.69, 9.17) is 9.78 Å². The fourth-order valence-electron chi connectivity index (χ4n) is 2.31. The Hall–Kier alpha value is -2.65. The number of nitrogens with zero attached hydrogens (tertiary/aromatic N) is 4. The molecule has 10 nitrogen and oxygen atoms in total. The van der Waals surface area contributed by atoms with Gasteiger partial charge in [0, 0.05) is 5.56 Å². The molecule has 3 aromatic rings. The SMILES string of the molecule is CC(Cn1cnc2c(NC(=O)c3ccccc3)ncnc21)OO[PH](=O)O. The summed E-state index contributed by atoms with van der Waals surface area (Å²) in [6.45, 7) is 1.94. The van der Waals surface area contributed by atoms with Gasteiger partial charge >= 0.3 is 8.25 Å². The van der Waals surface area contributed by atoms with Gasteiger partial charge in [-0.2, -0.15) is 4.67 Å². The predicted octanol–water partition coefficient (Wildman–Crippen LogP) is 1.80. The number of anilines is 1. The van der Waals surface area contributed by atoms with Crippen LogP contribution in [0.4, 0.5) is 5.82 Å². The van der Waals surface area contributed by atoms with Crippen molar-refractivity contribution in [3.05, 3.63) is 48.5 Å². The predicted molar refractivity (Wildman–Crippen MR) is 92.6 cm³/mol. The number of benzene rings is 1. The first-order valence-electron chi connectivity index (χ1n) is 7.63. The molecule has 1 aromatic carbocycles. The van der Waals surface area contributed by atoms with Crippen LogP contribution in [0.1, 0.15) is 17.3 Å². The van der Waals surface area contributed by atoms with E-state index in [1.54, 1.807) is 35.8 Å². The van der Waals surface area contributed by atoms with Crippen molar-refractivity contribution in [1.29, 1.82) is 0 Å². The highest BCUT2D eigenvalue weighted by Crippen LogP contribution is 2.20. The van der Waals surface area contributed by atoms with Gasteiger partial charge in [-0.25, -0.2) is 19.8 Å². The average Bonchev–Trinajstić information content (AvgIpc) is 3.04. The molecule has 11 heteroatoms. The molecule has 2 aromatic heterocycles. The van der Waals surface area contributed by atoms with Crippen molar-refractivity contribution in [2.24, 2.45) is 0 Å². The zero-order valence-corrected chi connectivity index (χ0v) is 14.7. The maximum absolute atomic E-state index is 12.3. The largest absolute Gasteiger partial charge is 0.344 e. The summed E-state index contributed by atoms with van der Waals surface area (Å²) in [4.78, 5) is 38.2. The molecule has 0 saturated heterocycles. The van der Waals surface area contributed by atoms with E-state index in [0.29, 0.717) is 16.7 Å². The standard InChI is InChI=1S/C15H16N5O5P/c1-10(24-25-26(22)23)7-20-9-18-12-13(16-8-17-14(12)20)19-15(21)11-5-3-2-4-6-11/h2-6,8-10,26H,7H2,1H3,(H,22,23)(H,16,17,19,21). The lowest BCUT2D eigenvalue weighted by atomic mass is 10.2. The van der Waals surface area contributed by atoms with Gasteiger partial charge in [0.1, 0.15) is 12.4 Å². The van der Waals surface area contributed by atoms with Gasteiger partial charge in [-0.15, -0.1) is 0 Å². The van der Waals surface area contributed by atoms with Crippen LogP contribution in [0, 0.1) is 0 Å². The number of hydrogen-bond acceptors (Lipinski definition) is 7. The Morgan fingerprint density at radius 1 is 1.31 bits per heavy atom. The Kier molecular flexibility index (Phi) is 5.69. The number of amides is 1. The van der Waals surface area contributed by atoms with Crippen molar-refractivity contribution >= 4 is 31.1 Å². The van der Waals surface area contributed by atoms with Gasteiger partial charge in [0.05, 0.1) is 12.9 Å². The highest BCUT2D eigenvalue weighted by Gasteiger charge is 2.15. The Balaban J connectivity index is 1.78. The zero-order chi connectivity index (χ0) is 18.5. The molecule has 2 unspecified atom stereocenters. The van der Waals surface area contributed by atoms with E-state index in [-0.39, 0.29) is 18.3 Å². The van der Waals surface area contributed by atoms with E-state index in [1.807, 2.05) is 6.07 Å². The molecule has 1 amide bonds. The third-order valence-corrected chi connectivity index (χ3v) is 3.65. The summed E-state index contributed by atoms with van der Waals surface area (Å²) in [5.41, 5.74) is 1.40. The van der Waals surface area contributed by atoms with E-state index < -0.39 is 14.4 Å². The Morgan fingerprint density at radius 2 is 2.08 bits per heavy atom. The summed E-state index contributed by atoms with van der Waals surface area (Å²) in [7, 11) is -3.17. The quantitative estimate of drug-likeness (QED) is 0.362. The first-order valence-corrected chi connectivity index (χ1v) is 8.89. The number of rotatable bonds is 7. The van der Waals surface area contributed by atoms with Crippen LogP contribution in [-0.4, -0.2) is 36.4 Å². The average molecular weight is 377 g/mol. The van der Waals surface area contributed by atoms with Crippen LogP contribution in [0.25, 0.3) is 11.2 Å². The molecule has 2 heterocycles. The number of carbonyl (C=O) groups is 1. The van der Waals surface area contributed by atoms with Crippen LogP contribution < -0.4 is 5.32 Å². The van der Waals surface area contributed by atoms with Crippen LogP contribution in [0.5, 0.6) is 0 Å². The molecule has 0 spiro atoms. The molecule has 0 bridgehead atoms. The lowest BCUT2D eigenvalue weighted by Gasteiger charge is -2.11. The summed E-state index contributed by atoms with van der Waals surface area (Å²) < 4.78 is 16.5. The van der Waals surface area contributed by atoms with E-state index >= 15 is 0 Å². The minimum atomic E-state index is -3.17. The number of imidazole rings is 1. The van der Waals surface area contributed by atoms with Crippen LogP contribution >= 0.6 is 8.25 Å². The normalized spacial score (nSPS) is 13.5. The third kappa shape index (κ3) is 4.30. The highest BCUT2D eigenvalue weighted by atomic mass is 31.1. The molecule has 26 heavy (non-hydrogen) atoms. The van der Waals surface area contributed by atoms with Gasteiger partial charge in [0.15, 0.2) is 17.0 Å². The van der Waals surface area contributed by atoms with E-state index in [1.165, 1.54) is 12.7 Å². The summed E-state index contributed by atoms with van der Waals surface area (Å²) in [6, 6.07) is 8.74. The molecule has 0 aliphatic heterocycles. The summed E-state index contributed by atoms with van der Waals surface area (Å²) in [6.07, 6.45) is 2.31. The van der Waals surface area contributed by atoms with Crippen molar-refractivity contribution in [3.8, 4) is 0 Å². The van der Waals surface area contributed by atoms with Gasteiger partial charge in [0.25, 0.3) is 5.91 Å². The molecule has 2 N–H and O–H groups in total. The van der Waals surface area contributed by atoms with Crippen LogP contribution in [-0.2, 0) is 20.7 Å². The van der Waals surface area contributed by atoms with E-state index in [9.17, 15) is 9.36 Å². The maximum atomic E-state index is 12.3. The molecule has 136 valence electrons. The molecule has 0 aliphatic carbocycles. The van der Waals surface area contributed by atoms with Gasteiger partial charge in [-0.05, 0) is 19.1 Å². The fraction of sp³-hybridized carbons (Fsp3) is 0.200. The van der Waals surface area contributed by atoms with Crippen molar-refractivity contribution in [1.82, 2.24) is 19.5 Å². The van der Waals surface area contributed by atoms with Crippen molar-refractivity contribution < 1.29 is 23.8 Å². The number of aromatic nitrogens is 4. The minimum Gasteiger partial charge on any atom is -0.325 e. The smallest absolute Gasteiger partial charge is 0.325 e. The fourth-order valence-corrected chi connectivity index (χ4v) is 2.55. The lowest BCUT2D eigenvalue weighted by Crippen LogP contribution is -2.16. The third-order valence-electron chi connectivity index (χ3n) is 3.41. The Bertz CT molecular complexity index is 933. The second-order valence-corrected chi connectivity index (χ2v) is 6.07. The van der Waals surface area contributed by atoms with Gasteiger partial charge in [0.2, 0.25) is 0 Å². The topological polar surface area (TPSA) is 128 Å². The number of fused-ring (bicyclic) bond motifs is 1. The number of nitrogens with one attached hydrogen (secondary N) is 1. The minimum absolute atomic E-state index is 0.273. The van der Waals surface area contributed by atoms with Crippen molar-refractivity contribution in [2.45, 2.75) is 19.6 Å². The van der Waals surface area contributed by atoms with Crippen molar-refractivity contribution in [2.75, 3.05) is 5.32 Å². The molecule has 0 fully saturated rings. The maximum Gasteiger partial charge on any atom is 0.344 e. The highest BCUT2D eigenvalue weighted by molar-refractivity contribution is 7.31. The molecule has 0 aliphatic rings. The molecule has 0 radical (unpaired) electrons. The van der Waals surface area contributed by atoms with Gasteiger partial charge < -0.3 is 14.8 Å². The number of carbonyl (C=O) groups excluding carboxylic acids is 1. The van der Waals surface area contributed by atoms with Gasteiger partial charge in [-0.3, -0.25) is 9.36 Å². The first-order chi connectivity index (χ1) is 12.5. The molecule has 2 atom stereocenters. The van der Waals surface area contributed by atoms with Crippen LogP contribution in [0.3, 0.4) is 0 Å². The van der Waals surface area contributed by atoms with Gasteiger partial charge in [-0.1, -0.05) is 18.2 Å². The Morgan fingerprint density at radius 3 is 2.81 bits per heavy atom. The van der Waals surface area contributed by atoms with Crippen LogP contribution in [0.2, 0.25) is 0 Å². The second-order valence-electron chi connectivity index (χ2n) is 5.37. The van der Waals surface area contributed by atoms with Crippen LogP contribution in [0.15, 0.2) is 43.0 Å². The molecular formula is C15H16N5O5P. The second kappa shape index (κ2) is 8.15. The van der Waals surface area contributed by atoms with E-state index in [0.717, 1.165) is 0 Å². The lowest BCUT2D eigenvalue weighted by molar-refractivity contribution is -0.243. The van der Waals surface area contributed by atoms with E-state index in [2.05, 4.69) is 24.9 Å².